The van der Waals surface area contributed by atoms with Gasteiger partial charge in [0.25, 0.3) is 0 Å². The minimum Gasteiger partial charge on any atom is -0.393 e. The van der Waals surface area contributed by atoms with Gasteiger partial charge in [0.2, 0.25) is 0 Å². The van der Waals surface area contributed by atoms with Gasteiger partial charge >= 0.3 is 0 Å². The summed E-state index contributed by atoms with van der Waals surface area (Å²) in [4.78, 5) is 0. The first kappa shape index (κ1) is 16.8. The lowest BCUT2D eigenvalue weighted by Gasteiger charge is -2.58. The van der Waals surface area contributed by atoms with Crippen LogP contribution in [-0.4, -0.2) is 22.9 Å². The molecule has 0 bridgehead atoms. The van der Waals surface area contributed by atoms with Crippen LogP contribution in [0.4, 0.5) is 0 Å². The van der Waals surface area contributed by atoms with Crippen LogP contribution >= 0.6 is 0 Å². The lowest BCUT2D eigenvalue weighted by Crippen LogP contribution is -2.50. The summed E-state index contributed by atoms with van der Waals surface area (Å²) in [7, 11) is 0. The molecule has 0 saturated heterocycles. The molecular formula is C22H34O2. The van der Waals surface area contributed by atoms with E-state index in [1.807, 2.05) is 6.08 Å². The molecule has 134 valence electrons. The van der Waals surface area contributed by atoms with E-state index in [1.54, 1.807) is 5.57 Å². The summed E-state index contributed by atoms with van der Waals surface area (Å²) in [5.74, 6) is 3.15. The van der Waals surface area contributed by atoms with Crippen LogP contribution in [0.2, 0.25) is 0 Å². The molecule has 0 aromatic heterocycles. The van der Waals surface area contributed by atoms with E-state index >= 15 is 0 Å². The molecule has 2 N–H and O–H groups in total. The van der Waals surface area contributed by atoms with E-state index in [0.29, 0.717) is 16.7 Å². The van der Waals surface area contributed by atoms with Crippen molar-refractivity contribution in [1.82, 2.24) is 0 Å². The lowest BCUT2D eigenvalue weighted by molar-refractivity contribution is -0.0442. The van der Waals surface area contributed by atoms with Crippen molar-refractivity contribution in [1.29, 1.82) is 0 Å². The van der Waals surface area contributed by atoms with Gasteiger partial charge in [0, 0.05) is 0 Å². The minimum atomic E-state index is -0.103. The molecule has 3 saturated carbocycles. The maximum absolute atomic E-state index is 10.1. The van der Waals surface area contributed by atoms with E-state index < -0.39 is 0 Å². The van der Waals surface area contributed by atoms with Gasteiger partial charge in [-0.05, 0) is 85.9 Å². The van der Waals surface area contributed by atoms with E-state index in [4.69, 9.17) is 5.11 Å². The van der Waals surface area contributed by atoms with Gasteiger partial charge in [0.1, 0.15) is 0 Å². The van der Waals surface area contributed by atoms with Gasteiger partial charge < -0.3 is 10.2 Å². The Morgan fingerprint density at radius 1 is 1.12 bits per heavy atom. The van der Waals surface area contributed by atoms with Gasteiger partial charge in [0.15, 0.2) is 0 Å². The van der Waals surface area contributed by atoms with Gasteiger partial charge in [-0.15, -0.1) is 0 Å². The molecule has 0 radical (unpaired) electrons. The zero-order valence-electron chi connectivity index (χ0n) is 15.4. The third-order valence-electron chi connectivity index (χ3n) is 8.63. The van der Waals surface area contributed by atoms with E-state index in [-0.39, 0.29) is 12.7 Å². The molecular weight excluding hydrogens is 296 g/mol. The molecule has 0 aliphatic heterocycles. The van der Waals surface area contributed by atoms with Crippen LogP contribution in [0, 0.1) is 34.5 Å². The highest BCUT2D eigenvalue weighted by atomic mass is 16.3. The molecule has 4 aliphatic carbocycles. The second-order valence-electron chi connectivity index (χ2n) is 9.50. The molecule has 0 amide bonds. The quantitative estimate of drug-likeness (QED) is 0.733. The average molecular weight is 331 g/mol. The van der Waals surface area contributed by atoms with Crippen LogP contribution in [0.5, 0.6) is 0 Å². The maximum atomic E-state index is 10.1. The van der Waals surface area contributed by atoms with Crippen molar-refractivity contribution in [3.8, 4) is 0 Å². The number of hydrogen-bond donors (Lipinski definition) is 2. The molecule has 0 aromatic carbocycles. The molecule has 4 aliphatic rings. The van der Waals surface area contributed by atoms with Crippen molar-refractivity contribution >= 4 is 0 Å². The Bertz CT molecular complexity index is 550. The fourth-order valence-corrected chi connectivity index (χ4v) is 7.22. The Balaban J connectivity index is 1.62. The van der Waals surface area contributed by atoms with Gasteiger partial charge in [-0.1, -0.05) is 37.6 Å². The fraction of sp³-hybridized carbons (Fsp3) is 0.818. The molecule has 0 unspecified atom stereocenters. The third kappa shape index (κ3) is 2.36. The Morgan fingerprint density at radius 2 is 1.96 bits per heavy atom. The highest BCUT2D eigenvalue weighted by Crippen LogP contribution is 2.66. The summed E-state index contributed by atoms with van der Waals surface area (Å²) in [6.45, 7) is 5.21. The van der Waals surface area contributed by atoms with Gasteiger partial charge in [-0.25, -0.2) is 0 Å². The molecule has 3 fully saturated rings. The summed E-state index contributed by atoms with van der Waals surface area (Å²) < 4.78 is 0. The number of aliphatic hydroxyl groups excluding tert-OH is 2. The highest BCUT2D eigenvalue weighted by molar-refractivity contribution is 5.25. The molecule has 0 heterocycles. The van der Waals surface area contributed by atoms with Crippen molar-refractivity contribution in [2.45, 2.75) is 71.3 Å². The number of allylic oxidation sites excluding steroid dienone is 2. The lowest BCUT2D eigenvalue weighted by atomic mass is 9.47. The fourth-order valence-electron chi connectivity index (χ4n) is 7.22. The number of hydrogen-bond acceptors (Lipinski definition) is 2. The number of aliphatic hydroxyl groups is 2. The first-order valence-corrected chi connectivity index (χ1v) is 10.1. The monoisotopic (exact) mass is 330 g/mol. The van der Waals surface area contributed by atoms with Crippen molar-refractivity contribution in [3.05, 3.63) is 23.8 Å². The molecule has 2 nitrogen and oxygen atoms in total. The highest BCUT2D eigenvalue weighted by Gasteiger charge is 2.57. The van der Waals surface area contributed by atoms with Crippen LogP contribution in [-0.2, 0) is 0 Å². The number of fused-ring (bicyclic) bond motifs is 5. The standard InChI is InChI=1S/C22H34O2/c1-21-12-10-20-18(19(21)8-6-15(21)4-3-13-23)7-5-16-14-17(24)9-11-22(16,20)2/h3-5,15,17-20,23-24H,6-14H2,1-2H3/b4-3+/t15-,17-,18-,19-,20-,21+,22-/m0/s1. The average Bonchev–Trinajstić information content (AvgIpc) is 2.90. The summed E-state index contributed by atoms with van der Waals surface area (Å²) >= 11 is 0. The van der Waals surface area contributed by atoms with Crippen molar-refractivity contribution in [2.75, 3.05) is 6.61 Å². The van der Waals surface area contributed by atoms with Crippen LogP contribution < -0.4 is 0 Å². The first-order chi connectivity index (χ1) is 11.5. The van der Waals surface area contributed by atoms with Gasteiger partial charge in [-0.3, -0.25) is 0 Å². The summed E-state index contributed by atoms with van der Waals surface area (Å²) in [5, 5.41) is 19.3. The van der Waals surface area contributed by atoms with Crippen LogP contribution in [0.3, 0.4) is 0 Å². The Labute approximate surface area is 147 Å². The van der Waals surface area contributed by atoms with E-state index in [1.165, 1.54) is 38.5 Å². The van der Waals surface area contributed by atoms with Crippen LogP contribution in [0.15, 0.2) is 23.8 Å². The Morgan fingerprint density at radius 3 is 2.75 bits per heavy atom. The zero-order valence-corrected chi connectivity index (χ0v) is 15.4. The summed E-state index contributed by atoms with van der Waals surface area (Å²) in [6.07, 6.45) is 16.4. The largest absolute Gasteiger partial charge is 0.393 e. The SMILES string of the molecule is C[C@]12CC[C@H]3[C@@H](CC=C4C[C@@H](O)CC[C@@]43C)[C@@H]1CC[C@@H]2/C=C/CO. The summed E-state index contributed by atoms with van der Waals surface area (Å²) in [5.41, 5.74) is 2.35. The predicted molar refractivity (Wildman–Crippen MR) is 97.4 cm³/mol. The predicted octanol–water partition coefficient (Wildman–Crippen LogP) is 4.47. The van der Waals surface area contributed by atoms with Gasteiger partial charge in [0.05, 0.1) is 12.7 Å². The molecule has 24 heavy (non-hydrogen) atoms. The molecule has 4 rings (SSSR count). The smallest absolute Gasteiger partial charge is 0.0612 e. The van der Waals surface area contributed by atoms with Crippen molar-refractivity contribution in [2.24, 2.45) is 34.5 Å². The van der Waals surface area contributed by atoms with Crippen LogP contribution in [0.25, 0.3) is 0 Å². The first-order valence-electron chi connectivity index (χ1n) is 10.1. The van der Waals surface area contributed by atoms with Crippen molar-refractivity contribution in [3.63, 3.8) is 0 Å². The molecule has 7 atom stereocenters. The maximum Gasteiger partial charge on any atom is 0.0612 e. The molecule has 2 heteroatoms. The van der Waals surface area contributed by atoms with Crippen molar-refractivity contribution < 1.29 is 10.2 Å². The normalized spacial score (nSPS) is 51.0. The number of rotatable bonds is 2. The molecule has 0 spiro atoms. The molecule has 0 aromatic rings. The Hall–Kier alpha value is -0.600. The van der Waals surface area contributed by atoms with E-state index in [2.05, 4.69) is 26.0 Å². The van der Waals surface area contributed by atoms with E-state index in [0.717, 1.165) is 30.6 Å². The van der Waals surface area contributed by atoms with Gasteiger partial charge in [-0.2, -0.15) is 0 Å². The topological polar surface area (TPSA) is 40.5 Å². The third-order valence-corrected chi connectivity index (χ3v) is 8.63. The van der Waals surface area contributed by atoms with E-state index in [9.17, 15) is 5.11 Å². The zero-order chi connectivity index (χ0) is 16.9. The second kappa shape index (κ2) is 5.99. The minimum absolute atomic E-state index is 0.103. The van der Waals surface area contributed by atoms with Crippen LogP contribution in [0.1, 0.15) is 65.2 Å². The second-order valence-corrected chi connectivity index (χ2v) is 9.50. The Kier molecular flexibility index (Phi) is 4.20. The summed E-state index contributed by atoms with van der Waals surface area (Å²) in [6, 6.07) is 0.